The van der Waals surface area contributed by atoms with Gasteiger partial charge in [-0.2, -0.15) is 0 Å². The molecule has 0 bridgehead atoms. The summed E-state index contributed by atoms with van der Waals surface area (Å²) in [4.78, 5) is 14.4. The largest absolute Gasteiger partial charge is 0.493 e. The number of methoxy groups -OCH3 is 2. The molecule has 1 aliphatic rings. The standard InChI is InChI=1S/C17H25NO3/c1-11(2)8-17(19)18-7-6-13-9-15(20-4)16(21-5)10-14(13)12(18)3/h9-12H,6-8H2,1-5H3. The summed E-state index contributed by atoms with van der Waals surface area (Å²) in [5.41, 5.74) is 2.41. The van der Waals surface area contributed by atoms with Crippen LogP contribution < -0.4 is 9.47 Å². The van der Waals surface area contributed by atoms with Gasteiger partial charge in [0.2, 0.25) is 5.91 Å². The van der Waals surface area contributed by atoms with Gasteiger partial charge in [-0.3, -0.25) is 4.79 Å². The van der Waals surface area contributed by atoms with Gasteiger partial charge in [0, 0.05) is 13.0 Å². The maximum Gasteiger partial charge on any atom is 0.223 e. The Balaban J connectivity index is 2.30. The molecule has 2 rings (SSSR count). The molecule has 21 heavy (non-hydrogen) atoms. The predicted molar refractivity (Wildman–Crippen MR) is 82.8 cm³/mol. The Kier molecular flexibility index (Phi) is 4.76. The van der Waals surface area contributed by atoms with Crippen LogP contribution in [0.15, 0.2) is 12.1 Å². The quantitative estimate of drug-likeness (QED) is 0.855. The van der Waals surface area contributed by atoms with E-state index in [1.54, 1.807) is 14.2 Å². The Hall–Kier alpha value is -1.71. The summed E-state index contributed by atoms with van der Waals surface area (Å²) in [6, 6.07) is 4.13. The molecule has 0 aliphatic carbocycles. The normalized spacial score (nSPS) is 17.6. The summed E-state index contributed by atoms with van der Waals surface area (Å²) in [5, 5.41) is 0. The van der Waals surface area contributed by atoms with Crippen molar-refractivity contribution in [1.29, 1.82) is 0 Å². The number of fused-ring (bicyclic) bond motifs is 1. The van der Waals surface area contributed by atoms with Gasteiger partial charge in [-0.15, -0.1) is 0 Å². The molecule has 1 heterocycles. The van der Waals surface area contributed by atoms with Crippen molar-refractivity contribution in [2.45, 2.75) is 39.7 Å². The maximum atomic E-state index is 12.4. The van der Waals surface area contributed by atoms with Gasteiger partial charge in [-0.25, -0.2) is 0 Å². The minimum Gasteiger partial charge on any atom is -0.493 e. The molecule has 0 N–H and O–H groups in total. The Morgan fingerprint density at radius 3 is 2.48 bits per heavy atom. The molecule has 1 aliphatic heterocycles. The molecule has 1 aromatic rings. The van der Waals surface area contributed by atoms with E-state index in [9.17, 15) is 4.79 Å². The van der Waals surface area contributed by atoms with Crippen molar-refractivity contribution in [2.24, 2.45) is 5.92 Å². The van der Waals surface area contributed by atoms with Crippen molar-refractivity contribution in [1.82, 2.24) is 4.90 Å². The molecule has 0 spiro atoms. The summed E-state index contributed by atoms with van der Waals surface area (Å²) in [5.74, 6) is 2.10. The van der Waals surface area contributed by atoms with Crippen LogP contribution in [0.5, 0.6) is 11.5 Å². The lowest BCUT2D eigenvalue weighted by Gasteiger charge is -2.36. The van der Waals surface area contributed by atoms with Gasteiger partial charge < -0.3 is 14.4 Å². The zero-order chi connectivity index (χ0) is 15.6. The fourth-order valence-electron chi connectivity index (χ4n) is 2.95. The van der Waals surface area contributed by atoms with Crippen LogP contribution in [0.25, 0.3) is 0 Å². The fraction of sp³-hybridized carbons (Fsp3) is 0.588. The highest BCUT2D eigenvalue weighted by Crippen LogP contribution is 2.38. The molecule has 116 valence electrons. The molecular formula is C17H25NO3. The third-order valence-corrected chi connectivity index (χ3v) is 4.09. The fourth-order valence-corrected chi connectivity index (χ4v) is 2.95. The molecule has 0 fully saturated rings. The van der Waals surface area contributed by atoms with E-state index < -0.39 is 0 Å². The minimum atomic E-state index is 0.0832. The summed E-state index contributed by atoms with van der Waals surface area (Å²) in [6.45, 7) is 7.01. The van der Waals surface area contributed by atoms with Crippen LogP contribution in [-0.2, 0) is 11.2 Å². The number of rotatable bonds is 4. The Morgan fingerprint density at radius 2 is 1.90 bits per heavy atom. The molecule has 0 radical (unpaired) electrons. The molecule has 4 heteroatoms. The van der Waals surface area contributed by atoms with E-state index in [4.69, 9.17) is 9.47 Å². The second kappa shape index (κ2) is 6.37. The van der Waals surface area contributed by atoms with Crippen LogP contribution in [0.2, 0.25) is 0 Å². The molecule has 1 unspecified atom stereocenters. The number of carbonyl (C=O) groups is 1. The number of ether oxygens (including phenoxy) is 2. The highest BCUT2D eigenvalue weighted by molar-refractivity contribution is 5.77. The number of amides is 1. The average molecular weight is 291 g/mol. The maximum absolute atomic E-state index is 12.4. The number of hydrogen-bond acceptors (Lipinski definition) is 3. The van der Waals surface area contributed by atoms with E-state index in [2.05, 4.69) is 20.8 Å². The third kappa shape index (κ3) is 3.14. The molecule has 0 saturated carbocycles. The van der Waals surface area contributed by atoms with E-state index >= 15 is 0 Å². The highest BCUT2D eigenvalue weighted by atomic mass is 16.5. The third-order valence-electron chi connectivity index (χ3n) is 4.09. The van der Waals surface area contributed by atoms with Gasteiger partial charge in [-0.05, 0) is 42.5 Å². The predicted octanol–water partition coefficient (Wildman–Crippen LogP) is 3.20. The first-order valence-corrected chi connectivity index (χ1v) is 7.52. The van der Waals surface area contributed by atoms with E-state index in [0.29, 0.717) is 12.3 Å². The molecule has 0 aromatic heterocycles. The van der Waals surface area contributed by atoms with Gasteiger partial charge >= 0.3 is 0 Å². The van der Waals surface area contributed by atoms with E-state index in [-0.39, 0.29) is 11.9 Å². The highest BCUT2D eigenvalue weighted by Gasteiger charge is 2.29. The SMILES string of the molecule is COc1cc2c(cc1OC)C(C)N(C(=O)CC(C)C)CC2. The van der Waals surface area contributed by atoms with Crippen molar-refractivity contribution in [3.63, 3.8) is 0 Å². The van der Waals surface area contributed by atoms with E-state index in [0.717, 1.165) is 30.0 Å². The van der Waals surface area contributed by atoms with Crippen LogP contribution in [0, 0.1) is 5.92 Å². The van der Waals surface area contributed by atoms with Gasteiger partial charge in [0.25, 0.3) is 0 Å². The zero-order valence-corrected chi connectivity index (χ0v) is 13.6. The second-order valence-electron chi connectivity index (χ2n) is 6.02. The van der Waals surface area contributed by atoms with Crippen LogP contribution in [0.1, 0.15) is 44.4 Å². The number of hydrogen-bond donors (Lipinski definition) is 0. The average Bonchev–Trinajstić information content (AvgIpc) is 2.45. The number of carbonyl (C=O) groups excluding carboxylic acids is 1. The van der Waals surface area contributed by atoms with Crippen LogP contribution >= 0.6 is 0 Å². The first-order chi connectivity index (χ1) is 9.97. The van der Waals surface area contributed by atoms with Crippen molar-refractivity contribution in [3.05, 3.63) is 23.3 Å². The van der Waals surface area contributed by atoms with Gasteiger partial charge in [0.05, 0.1) is 20.3 Å². The molecule has 0 saturated heterocycles. The topological polar surface area (TPSA) is 38.8 Å². The summed E-state index contributed by atoms with van der Waals surface area (Å²) < 4.78 is 10.7. The van der Waals surface area contributed by atoms with Gasteiger partial charge in [-0.1, -0.05) is 13.8 Å². The lowest BCUT2D eigenvalue weighted by atomic mass is 9.92. The lowest BCUT2D eigenvalue weighted by Crippen LogP contribution is -2.39. The Labute approximate surface area is 127 Å². The van der Waals surface area contributed by atoms with Crippen molar-refractivity contribution < 1.29 is 14.3 Å². The second-order valence-corrected chi connectivity index (χ2v) is 6.02. The van der Waals surface area contributed by atoms with Gasteiger partial charge in [0.15, 0.2) is 11.5 Å². The van der Waals surface area contributed by atoms with Crippen LogP contribution in [-0.4, -0.2) is 31.6 Å². The lowest BCUT2D eigenvalue weighted by molar-refractivity contribution is -0.134. The molecular weight excluding hydrogens is 266 g/mol. The molecule has 4 nitrogen and oxygen atoms in total. The minimum absolute atomic E-state index is 0.0832. The van der Waals surface area contributed by atoms with Gasteiger partial charge in [0.1, 0.15) is 0 Å². The van der Waals surface area contributed by atoms with E-state index in [1.165, 1.54) is 5.56 Å². The van der Waals surface area contributed by atoms with Crippen LogP contribution in [0.3, 0.4) is 0 Å². The molecule has 1 aromatic carbocycles. The summed E-state index contributed by atoms with van der Waals surface area (Å²) in [6.07, 6.45) is 1.47. The Morgan fingerprint density at radius 1 is 1.29 bits per heavy atom. The number of nitrogens with zero attached hydrogens (tertiary/aromatic N) is 1. The number of benzene rings is 1. The Bertz CT molecular complexity index is 525. The van der Waals surface area contributed by atoms with E-state index in [1.807, 2.05) is 17.0 Å². The smallest absolute Gasteiger partial charge is 0.223 e. The van der Waals surface area contributed by atoms with Crippen LogP contribution in [0.4, 0.5) is 0 Å². The molecule has 1 amide bonds. The first-order valence-electron chi connectivity index (χ1n) is 7.52. The van der Waals surface area contributed by atoms with Crippen molar-refractivity contribution in [3.8, 4) is 11.5 Å². The summed E-state index contributed by atoms with van der Waals surface area (Å²) in [7, 11) is 3.29. The summed E-state index contributed by atoms with van der Waals surface area (Å²) >= 11 is 0. The zero-order valence-electron chi connectivity index (χ0n) is 13.6. The molecule has 1 atom stereocenters. The first kappa shape index (κ1) is 15.7. The van der Waals surface area contributed by atoms with Crippen molar-refractivity contribution in [2.75, 3.05) is 20.8 Å². The monoisotopic (exact) mass is 291 g/mol. The van der Waals surface area contributed by atoms with Crippen molar-refractivity contribution >= 4 is 5.91 Å².